The SMILES string of the molecule is O=C(O[C@@H]1CCCCNC1=O)c1sc2cc(F)ccc2c1Cl. The minimum absolute atomic E-state index is 0.194. The Morgan fingerprint density at radius 2 is 2.23 bits per heavy atom. The highest BCUT2D eigenvalue weighted by molar-refractivity contribution is 7.21. The molecule has 1 aliphatic rings. The molecule has 3 rings (SSSR count). The molecule has 0 aliphatic carbocycles. The van der Waals surface area contributed by atoms with Crippen LogP contribution >= 0.6 is 22.9 Å². The fourth-order valence-corrected chi connectivity index (χ4v) is 3.79. The van der Waals surface area contributed by atoms with Crippen LogP contribution in [0, 0.1) is 5.82 Å². The van der Waals surface area contributed by atoms with E-state index in [4.69, 9.17) is 16.3 Å². The Balaban J connectivity index is 1.85. The lowest BCUT2D eigenvalue weighted by molar-refractivity contribution is -0.129. The number of thiophene rings is 1. The van der Waals surface area contributed by atoms with Gasteiger partial charge in [0.05, 0.1) is 5.02 Å². The molecule has 1 aliphatic heterocycles. The van der Waals surface area contributed by atoms with Crippen LogP contribution in [0.2, 0.25) is 5.02 Å². The van der Waals surface area contributed by atoms with E-state index < -0.39 is 17.9 Å². The van der Waals surface area contributed by atoms with Crippen LogP contribution in [0.4, 0.5) is 4.39 Å². The number of rotatable bonds is 2. The highest BCUT2D eigenvalue weighted by Gasteiger charge is 2.27. The molecule has 2 aromatic rings. The first-order valence-corrected chi connectivity index (χ1v) is 8.12. The van der Waals surface area contributed by atoms with Gasteiger partial charge in [-0.15, -0.1) is 11.3 Å². The molecule has 1 saturated heterocycles. The van der Waals surface area contributed by atoms with E-state index in [0.717, 1.165) is 24.2 Å². The van der Waals surface area contributed by atoms with Gasteiger partial charge in [0.25, 0.3) is 5.91 Å². The summed E-state index contributed by atoms with van der Waals surface area (Å²) in [4.78, 5) is 24.3. The number of hydrogen-bond donors (Lipinski definition) is 1. The van der Waals surface area contributed by atoms with E-state index in [1.807, 2.05) is 0 Å². The molecule has 0 spiro atoms. The van der Waals surface area contributed by atoms with Crippen molar-refractivity contribution in [1.82, 2.24) is 5.32 Å². The first-order valence-electron chi connectivity index (χ1n) is 6.92. The van der Waals surface area contributed by atoms with Crippen molar-refractivity contribution >= 4 is 44.9 Å². The number of carbonyl (C=O) groups excluding carboxylic acids is 2. The number of carbonyl (C=O) groups is 2. The number of halogens is 2. The fraction of sp³-hybridized carbons (Fsp3) is 0.333. The number of hydrogen-bond acceptors (Lipinski definition) is 4. The topological polar surface area (TPSA) is 55.4 Å². The molecular weight excluding hydrogens is 329 g/mol. The smallest absolute Gasteiger partial charge is 0.350 e. The van der Waals surface area contributed by atoms with Crippen molar-refractivity contribution < 1.29 is 18.7 Å². The zero-order valence-electron chi connectivity index (χ0n) is 11.5. The fourth-order valence-electron chi connectivity index (χ4n) is 2.38. The molecule has 0 unspecified atom stereocenters. The second-order valence-electron chi connectivity index (χ2n) is 5.07. The summed E-state index contributed by atoms with van der Waals surface area (Å²) in [5.41, 5.74) is 0. The Labute approximate surface area is 135 Å². The Morgan fingerprint density at radius 3 is 3.05 bits per heavy atom. The summed E-state index contributed by atoms with van der Waals surface area (Å²) in [5.74, 6) is -1.32. The van der Waals surface area contributed by atoms with E-state index in [1.165, 1.54) is 18.2 Å². The van der Waals surface area contributed by atoms with Gasteiger partial charge in [0, 0.05) is 16.6 Å². The van der Waals surface area contributed by atoms with E-state index >= 15 is 0 Å². The molecule has 1 aromatic heterocycles. The van der Waals surface area contributed by atoms with E-state index in [1.54, 1.807) is 0 Å². The molecule has 2 heterocycles. The average molecular weight is 342 g/mol. The summed E-state index contributed by atoms with van der Waals surface area (Å²) in [6.45, 7) is 0.593. The minimum Gasteiger partial charge on any atom is -0.448 e. The average Bonchev–Trinajstić information content (AvgIpc) is 2.67. The van der Waals surface area contributed by atoms with Crippen LogP contribution in [0.1, 0.15) is 28.9 Å². The second kappa shape index (κ2) is 6.22. The Kier molecular flexibility index (Phi) is 4.31. The molecule has 1 N–H and O–H groups in total. The zero-order chi connectivity index (χ0) is 15.7. The van der Waals surface area contributed by atoms with Crippen LogP contribution < -0.4 is 5.32 Å². The normalized spacial score (nSPS) is 18.8. The maximum Gasteiger partial charge on any atom is 0.350 e. The highest BCUT2D eigenvalue weighted by Crippen LogP contribution is 2.36. The number of nitrogens with one attached hydrogen (secondary N) is 1. The maximum atomic E-state index is 13.2. The van der Waals surface area contributed by atoms with Gasteiger partial charge in [-0.25, -0.2) is 9.18 Å². The van der Waals surface area contributed by atoms with Gasteiger partial charge in [0.15, 0.2) is 6.10 Å². The predicted octanol–water partition coefficient (Wildman–Crippen LogP) is 3.52. The number of benzene rings is 1. The van der Waals surface area contributed by atoms with Gasteiger partial charge < -0.3 is 10.1 Å². The lowest BCUT2D eigenvalue weighted by atomic mass is 10.2. The summed E-state index contributed by atoms with van der Waals surface area (Å²) in [6.07, 6.45) is 1.37. The van der Waals surface area contributed by atoms with Crippen molar-refractivity contribution in [1.29, 1.82) is 0 Å². The standard InChI is InChI=1S/C15H13ClFNO3S/c16-12-9-5-4-8(17)7-11(9)22-13(12)15(20)21-10-3-1-2-6-18-14(10)19/h4-5,7,10H,1-3,6H2,(H,18,19)/t10-/m1/s1. The van der Waals surface area contributed by atoms with Gasteiger partial charge in [-0.1, -0.05) is 11.6 Å². The largest absolute Gasteiger partial charge is 0.448 e. The summed E-state index contributed by atoms with van der Waals surface area (Å²) in [7, 11) is 0. The second-order valence-corrected chi connectivity index (χ2v) is 6.50. The number of esters is 1. The van der Waals surface area contributed by atoms with Crippen molar-refractivity contribution in [3.05, 3.63) is 33.9 Å². The third-order valence-electron chi connectivity index (χ3n) is 3.51. The summed E-state index contributed by atoms with van der Waals surface area (Å²) < 4.78 is 19.1. The van der Waals surface area contributed by atoms with Gasteiger partial charge >= 0.3 is 5.97 Å². The lowest BCUT2D eigenvalue weighted by Gasteiger charge is -2.13. The van der Waals surface area contributed by atoms with E-state index in [2.05, 4.69) is 5.32 Å². The van der Waals surface area contributed by atoms with Crippen LogP contribution in [0.25, 0.3) is 10.1 Å². The lowest BCUT2D eigenvalue weighted by Crippen LogP contribution is -2.35. The predicted molar refractivity (Wildman–Crippen MR) is 82.9 cm³/mol. The summed E-state index contributed by atoms with van der Waals surface area (Å²) >= 11 is 7.24. The minimum atomic E-state index is -0.798. The van der Waals surface area contributed by atoms with Crippen molar-refractivity contribution in [2.75, 3.05) is 6.54 Å². The number of ether oxygens (including phenoxy) is 1. The number of amides is 1. The third kappa shape index (κ3) is 2.94. The molecule has 22 heavy (non-hydrogen) atoms. The van der Waals surface area contributed by atoms with Crippen LogP contribution in [-0.4, -0.2) is 24.5 Å². The molecule has 116 valence electrons. The van der Waals surface area contributed by atoms with Gasteiger partial charge in [-0.05, 0) is 37.5 Å². The van der Waals surface area contributed by atoms with E-state index in [9.17, 15) is 14.0 Å². The van der Waals surface area contributed by atoms with Gasteiger partial charge in [-0.3, -0.25) is 4.79 Å². The summed E-state index contributed by atoms with van der Waals surface area (Å²) in [5, 5.41) is 3.54. The van der Waals surface area contributed by atoms with Gasteiger partial charge in [-0.2, -0.15) is 0 Å². The third-order valence-corrected chi connectivity index (χ3v) is 5.15. The molecule has 0 bridgehead atoms. The van der Waals surface area contributed by atoms with Crippen LogP contribution in [-0.2, 0) is 9.53 Å². The Bertz CT molecular complexity index is 746. The van der Waals surface area contributed by atoms with E-state index in [0.29, 0.717) is 23.1 Å². The quantitative estimate of drug-likeness (QED) is 0.850. The molecule has 0 radical (unpaired) electrons. The molecule has 0 saturated carbocycles. The van der Waals surface area contributed by atoms with Crippen molar-refractivity contribution in [3.8, 4) is 0 Å². The molecule has 1 aromatic carbocycles. The van der Waals surface area contributed by atoms with Crippen LogP contribution in [0.5, 0.6) is 0 Å². The zero-order valence-corrected chi connectivity index (χ0v) is 13.1. The van der Waals surface area contributed by atoms with Crippen molar-refractivity contribution in [2.24, 2.45) is 0 Å². The van der Waals surface area contributed by atoms with Crippen LogP contribution in [0.15, 0.2) is 18.2 Å². The highest BCUT2D eigenvalue weighted by atomic mass is 35.5. The Morgan fingerprint density at radius 1 is 1.41 bits per heavy atom. The van der Waals surface area contributed by atoms with E-state index in [-0.39, 0.29) is 15.8 Å². The van der Waals surface area contributed by atoms with Gasteiger partial charge in [0.1, 0.15) is 10.7 Å². The Hall–Kier alpha value is -1.66. The number of fused-ring (bicyclic) bond motifs is 1. The molecule has 7 heteroatoms. The summed E-state index contributed by atoms with van der Waals surface area (Å²) in [6, 6.07) is 4.13. The van der Waals surface area contributed by atoms with Crippen molar-refractivity contribution in [2.45, 2.75) is 25.4 Å². The maximum absolute atomic E-state index is 13.2. The molecule has 4 nitrogen and oxygen atoms in total. The first-order chi connectivity index (χ1) is 10.6. The van der Waals surface area contributed by atoms with Crippen LogP contribution in [0.3, 0.4) is 0 Å². The molecule has 1 amide bonds. The molecule has 1 fully saturated rings. The molecule has 1 atom stereocenters. The van der Waals surface area contributed by atoms with Crippen molar-refractivity contribution in [3.63, 3.8) is 0 Å². The monoisotopic (exact) mass is 341 g/mol. The molecular formula is C15H13ClFNO3S. The van der Waals surface area contributed by atoms with Gasteiger partial charge in [0.2, 0.25) is 0 Å². The first kappa shape index (κ1) is 15.2.